The van der Waals surface area contributed by atoms with Gasteiger partial charge in [0.15, 0.2) is 0 Å². The van der Waals surface area contributed by atoms with Gasteiger partial charge in [0.25, 0.3) is 5.91 Å². The van der Waals surface area contributed by atoms with Gasteiger partial charge in [0.1, 0.15) is 6.04 Å². The lowest BCUT2D eigenvalue weighted by Gasteiger charge is -2.29. The van der Waals surface area contributed by atoms with Crippen molar-refractivity contribution in [3.05, 3.63) is 33.8 Å². The second kappa shape index (κ2) is 8.54. The van der Waals surface area contributed by atoms with Crippen molar-refractivity contribution in [2.75, 3.05) is 19.6 Å². The number of aliphatic carboxylic acids is 1. The van der Waals surface area contributed by atoms with Crippen molar-refractivity contribution >= 4 is 41.0 Å². The van der Waals surface area contributed by atoms with Gasteiger partial charge >= 0.3 is 5.97 Å². The van der Waals surface area contributed by atoms with Crippen molar-refractivity contribution in [1.29, 1.82) is 0 Å². The van der Waals surface area contributed by atoms with E-state index in [2.05, 4.69) is 0 Å². The second-order valence-corrected chi connectivity index (χ2v) is 6.69. The predicted molar refractivity (Wildman–Crippen MR) is 95.0 cm³/mol. The van der Waals surface area contributed by atoms with E-state index < -0.39 is 12.0 Å². The van der Waals surface area contributed by atoms with Crippen molar-refractivity contribution < 1.29 is 19.5 Å². The summed E-state index contributed by atoms with van der Waals surface area (Å²) in [5.41, 5.74) is 0.266. The molecule has 6 nitrogen and oxygen atoms in total. The van der Waals surface area contributed by atoms with Crippen LogP contribution < -0.4 is 0 Å². The molecule has 1 aromatic rings. The highest BCUT2D eigenvalue weighted by atomic mass is 35.5. The van der Waals surface area contributed by atoms with E-state index in [0.717, 1.165) is 0 Å². The lowest BCUT2D eigenvalue weighted by Crippen LogP contribution is -2.48. The topological polar surface area (TPSA) is 77.9 Å². The minimum Gasteiger partial charge on any atom is -0.481 e. The van der Waals surface area contributed by atoms with Crippen molar-refractivity contribution in [3.63, 3.8) is 0 Å². The first-order valence-corrected chi connectivity index (χ1v) is 8.87. The molecule has 1 heterocycles. The van der Waals surface area contributed by atoms with Crippen LogP contribution in [0.1, 0.15) is 36.5 Å². The van der Waals surface area contributed by atoms with Crippen LogP contribution in [-0.2, 0) is 9.59 Å². The molecule has 2 amide bonds. The maximum Gasteiger partial charge on any atom is 0.305 e. The summed E-state index contributed by atoms with van der Waals surface area (Å²) in [6.45, 7) is 2.76. The zero-order chi connectivity index (χ0) is 18.6. The van der Waals surface area contributed by atoms with Crippen LogP contribution >= 0.6 is 23.2 Å². The highest BCUT2D eigenvalue weighted by Crippen LogP contribution is 2.27. The van der Waals surface area contributed by atoms with E-state index in [4.69, 9.17) is 28.3 Å². The minimum absolute atomic E-state index is 0.125. The number of benzene rings is 1. The molecular formula is C17H20Cl2N2O4. The Morgan fingerprint density at radius 1 is 1.32 bits per heavy atom. The number of nitrogens with zero attached hydrogens (tertiary/aromatic N) is 2. The maximum atomic E-state index is 12.8. The number of carbonyl (C=O) groups is 3. The molecule has 1 unspecified atom stereocenters. The van der Waals surface area contributed by atoms with Gasteiger partial charge in [0.05, 0.1) is 17.0 Å². The first-order chi connectivity index (χ1) is 11.8. The molecule has 136 valence electrons. The number of amides is 2. The van der Waals surface area contributed by atoms with E-state index in [9.17, 15) is 14.4 Å². The number of carbonyl (C=O) groups excluding carboxylic acids is 2. The van der Waals surface area contributed by atoms with Crippen LogP contribution in [-0.4, -0.2) is 58.4 Å². The first-order valence-electron chi connectivity index (χ1n) is 8.11. The zero-order valence-corrected chi connectivity index (χ0v) is 15.4. The van der Waals surface area contributed by atoms with Gasteiger partial charge in [-0.1, -0.05) is 23.2 Å². The SMILES string of the molecule is CCN(CCC(=O)O)C(=O)C1CCCN1C(=O)c1cc(Cl)ccc1Cl. The Balaban J connectivity index is 2.18. The van der Waals surface area contributed by atoms with Gasteiger partial charge in [-0.3, -0.25) is 14.4 Å². The molecule has 2 rings (SSSR count). The molecule has 0 radical (unpaired) electrons. The van der Waals surface area contributed by atoms with Crippen molar-refractivity contribution in [1.82, 2.24) is 9.80 Å². The Hall–Kier alpha value is -1.79. The third-order valence-electron chi connectivity index (χ3n) is 4.25. The molecule has 8 heteroatoms. The van der Waals surface area contributed by atoms with Gasteiger partial charge in [0, 0.05) is 24.7 Å². The van der Waals surface area contributed by atoms with Crippen LogP contribution in [0, 0.1) is 0 Å². The lowest BCUT2D eigenvalue weighted by atomic mass is 10.1. The average Bonchev–Trinajstić information content (AvgIpc) is 3.06. The summed E-state index contributed by atoms with van der Waals surface area (Å²) < 4.78 is 0. The van der Waals surface area contributed by atoms with Crippen molar-refractivity contribution in [2.45, 2.75) is 32.2 Å². The van der Waals surface area contributed by atoms with Gasteiger partial charge in [-0.15, -0.1) is 0 Å². The van der Waals surface area contributed by atoms with Crippen LogP contribution in [0.4, 0.5) is 0 Å². The number of carboxylic acids is 1. The lowest BCUT2D eigenvalue weighted by molar-refractivity contribution is -0.139. The van der Waals surface area contributed by atoms with Crippen molar-refractivity contribution in [2.24, 2.45) is 0 Å². The summed E-state index contributed by atoms with van der Waals surface area (Å²) in [5, 5.41) is 9.50. The van der Waals surface area contributed by atoms with Crippen molar-refractivity contribution in [3.8, 4) is 0 Å². The smallest absolute Gasteiger partial charge is 0.305 e. The van der Waals surface area contributed by atoms with E-state index >= 15 is 0 Å². The molecule has 25 heavy (non-hydrogen) atoms. The van der Waals surface area contributed by atoms with Crippen LogP contribution in [0.25, 0.3) is 0 Å². The van der Waals surface area contributed by atoms with Gasteiger partial charge in [-0.05, 0) is 38.0 Å². The number of likely N-dealkylation sites (tertiary alicyclic amines) is 1. The zero-order valence-electron chi connectivity index (χ0n) is 13.9. The minimum atomic E-state index is -0.962. The van der Waals surface area contributed by atoms with E-state index in [-0.39, 0.29) is 35.4 Å². The Morgan fingerprint density at radius 3 is 2.68 bits per heavy atom. The number of rotatable bonds is 6. The predicted octanol–water partition coefficient (Wildman–Crippen LogP) is 2.92. The highest BCUT2D eigenvalue weighted by molar-refractivity contribution is 6.35. The third kappa shape index (κ3) is 4.64. The highest BCUT2D eigenvalue weighted by Gasteiger charge is 2.37. The molecule has 0 aliphatic carbocycles. The number of hydrogen-bond acceptors (Lipinski definition) is 3. The normalized spacial score (nSPS) is 16.8. The van der Waals surface area contributed by atoms with Gasteiger partial charge in [0.2, 0.25) is 5.91 Å². The number of carboxylic acid groups (broad SMARTS) is 1. The fourth-order valence-corrected chi connectivity index (χ4v) is 3.32. The largest absolute Gasteiger partial charge is 0.481 e. The Bertz CT molecular complexity index is 681. The summed E-state index contributed by atoms with van der Waals surface area (Å²) in [5.74, 6) is -1.53. The molecule has 1 aliphatic rings. The summed E-state index contributed by atoms with van der Waals surface area (Å²) in [4.78, 5) is 39.3. The number of halogens is 2. The van der Waals surface area contributed by atoms with Crippen LogP contribution in [0.15, 0.2) is 18.2 Å². The molecule has 0 bridgehead atoms. The van der Waals surface area contributed by atoms with Gasteiger partial charge < -0.3 is 14.9 Å². The van der Waals surface area contributed by atoms with E-state index in [0.29, 0.717) is 31.0 Å². The van der Waals surface area contributed by atoms with E-state index in [1.807, 2.05) is 0 Å². The van der Waals surface area contributed by atoms with E-state index in [1.165, 1.54) is 15.9 Å². The molecule has 1 aromatic carbocycles. The molecule has 1 fully saturated rings. The van der Waals surface area contributed by atoms with Gasteiger partial charge in [-0.2, -0.15) is 0 Å². The van der Waals surface area contributed by atoms with Crippen LogP contribution in [0.5, 0.6) is 0 Å². The van der Waals surface area contributed by atoms with Gasteiger partial charge in [-0.25, -0.2) is 0 Å². The molecule has 1 aliphatic heterocycles. The fourth-order valence-electron chi connectivity index (χ4n) is 2.95. The molecule has 0 aromatic heterocycles. The molecule has 1 N–H and O–H groups in total. The molecule has 0 saturated carbocycles. The molecular weight excluding hydrogens is 367 g/mol. The summed E-state index contributed by atoms with van der Waals surface area (Å²) >= 11 is 12.1. The Labute approximate surface area is 156 Å². The molecule has 0 spiro atoms. The second-order valence-electron chi connectivity index (χ2n) is 5.84. The Kier molecular flexibility index (Phi) is 6.67. The summed E-state index contributed by atoms with van der Waals surface area (Å²) in [7, 11) is 0. The number of hydrogen-bond donors (Lipinski definition) is 1. The molecule has 1 atom stereocenters. The average molecular weight is 387 g/mol. The summed E-state index contributed by atoms with van der Waals surface area (Å²) in [6.07, 6.45) is 1.13. The first kappa shape index (κ1) is 19.5. The standard InChI is InChI=1S/C17H20Cl2N2O4/c1-2-20(9-7-15(22)23)17(25)14-4-3-8-21(14)16(24)12-10-11(18)5-6-13(12)19/h5-6,10,14H,2-4,7-9H2,1H3,(H,22,23). The van der Waals surface area contributed by atoms with Crippen LogP contribution in [0.2, 0.25) is 10.0 Å². The monoisotopic (exact) mass is 386 g/mol. The fraction of sp³-hybridized carbons (Fsp3) is 0.471. The molecule has 1 saturated heterocycles. The summed E-state index contributed by atoms with van der Waals surface area (Å²) in [6, 6.07) is 4.04. The number of likely N-dealkylation sites (N-methyl/N-ethyl adjacent to an activating group) is 1. The Morgan fingerprint density at radius 2 is 2.04 bits per heavy atom. The van der Waals surface area contributed by atoms with Crippen LogP contribution in [0.3, 0.4) is 0 Å². The quantitative estimate of drug-likeness (QED) is 0.814. The maximum absolute atomic E-state index is 12.8. The third-order valence-corrected chi connectivity index (χ3v) is 4.81. The van der Waals surface area contributed by atoms with E-state index in [1.54, 1.807) is 19.1 Å².